The summed E-state index contributed by atoms with van der Waals surface area (Å²) >= 11 is 1.31. The Bertz CT molecular complexity index is 1010. The molecule has 0 saturated heterocycles. The highest BCUT2D eigenvalue weighted by atomic mass is 32.2. The quantitative estimate of drug-likeness (QED) is 0.639. The maximum absolute atomic E-state index is 12.5. The average Bonchev–Trinajstić information content (AvgIpc) is 3.35. The van der Waals surface area contributed by atoms with Gasteiger partial charge in [0.05, 0.1) is 10.9 Å². The molecule has 1 aromatic heterocycles. The van der Waals surface area contributed by atoms with E-state index in [0.717, 1.165) is 22.6 Å². The number of thioether (sulfide) groups is 1. The van der Waals surface area contributed by atoms with E-state index < -0.39 is 0 Å². The molecule has 2 aromatic carbocycles. The van der Waals surface area contributed by atoms with Crippen LogP contribution in [0, 0.1) is 6.92 Å². The van der Waals surface area contributed by atoms with Crippen LogP contribution < -0.4 is 14.8 Å². The summed E-state index contributed by atoms with van der Waals surface area (Å²) in [5, 5.41) is 15.0. The summed E-state index contributed by atoms with van der Waals surface area (Å²) in [6.45, 7) is 4.46. The fourth-order valence-corrected chi connectivity index (χ4v) is 3.63. The number of hydrogen-bond acceptors (Lipinski definition) is 7. The number of rotatable bonds is 6. The van der Waals surface area contributed by atoms with Gasteiger partial charge in [0.25, 0.3) is 0 Å². The lowest BCUT2D eigenvalue weighted by Gasteiger charge is -2.12. The number of fused-ring (bicyclic) bond motifs is 1. The average molecular weight is 397 g/mol. The fraction of sp³-hybridized carbons (Fsp3) is 0.263. The largest absolute Gasteiger partial charge is 0.454 e. The molecule has 0 bridgehead atoms. The highest BCUT2D eigenvalue weighted by molar-refractivity contribution is 8.00. The monoisotopic (exact) mass is 397 g/mol. The van der Waals surface area contributed by atoms with Crippen LogP contribution in [0.1, 0.15) is 18.1 Å². The van der Waals surface area contributed by atoms with Gasteiger partial charge in [-0.15, -0.1) is 5.10 Å². The third kappa shape index (κ3) is 3.79. The van der Waals surface area contributed by atoms with E-state index in [1.54, 1.807) is 4.68 Å². The lowest BCUT2D eigenvalue weighted by atomic mass is 10.2. The van der Waals surface area contributed by atoms with Gasteiger partial charge in [0.2, 0.25) is 17.9 Å². The molecule has 0 spiro atoms. The summed E-state index contributed by atoms with van der Waals surface area (Å²) < 4.78 is 12.3. The number of carbonyl (C=O) groups is 1. The molecular formula is C19H19N5O3S. The van der Waals surface area contributed by atoms with Crippen molar-refractivity contribution in [2.45, 2.75) is 30.8 Å². The highest BCUT2D eigenvalue weighted by Gasteiger charge is 2.20. The van der Waals surface area contributed by atoms with Crippen molar-refractivity contribution < 1.29 is 14.3 Å². The Labute approximate surface area is 166 Å². The van der Waals surface area contributed by atoms with E-state index in [2.05, 4.69) is 20.8 Å². The zero-order valence-corrected chi connectivity index (χ0v) is 16.3. The van der Waals surface area contributed by atoms with Crippen molar-refractivity contribution >= 4 is 17.7 Å². The first-order valence-corrected chi connectivity index (χ1v) is 9.67. The van der Waals surface area contributed by atoms with Gasteiger partial charge < -0.3 is 14.8 Å². The second-order valence-electron chi connectivity index (χ2n) is 6.33. The van der Waals surface area contributed by atoms with Crippen LogP contribution in [0.4, 0.5) is 0 Å². The molecule has 2 heterocycles. The smallest absolute Gasteiger partial charge is 0.233 e. The number of aromatic nitrogens is 4. The highest BCUT2D eigenvalue weighted by Crippen LogP contribution is 2.32. The molecule has 3 aromatic rings. The summed E-state index contributed by atoms with van der Waals surface area (Å²) in [5.74, 6) is 1.33. The molecule has 9 heteroatoms. The number of nitrogens with one attached hydrogen (secondary N) is 1. The molecule has 8 nitrogen and oxygen atoms in total. The molecule has 1 atom stereocenters. The Morgan fingerprint density at radius 2 is 2.07 bits per heavy atom. The van der Waals surface area contributed by atoms with Crippen molar-refractivity contribution in [3.05, 3.63) is 53.6 Å². The van der Waals surface area contributed by atoms with Crippen molar-refractivity contribution in [3.8, 4) is 17.2 Å². The SMILES string of the molecule is Cc1ccccc1-n1nnnc1S[C@@H](C)C(=O)NCc1ccc2c(c1)OCO2. The molecule has 28 heavy (non-hydrogen) atoms. The summed E-state index contributed by atoms with van der Waals surface area (Å²) in [4.78, 5) is 12.5. The molecule has 0 aliphatic carbocycles. The molecular weight excluding hydrogens is 378 g/mol. The van der Waals surface area contributed by atoms with Crippen molar-refractivity contribution in [1.82, 2.24) is 25.5 Å². The minimum Gasteiger partial charge on any atom is -0.454 e. The number of nitrogens with zero attached hydrogens (tertiary/aromatic N) is 4. The summed E-state index contributed by atoms with van der Waals surface area (Å²) in [6.07, 6.45) is 0. The number of hydrogen-bond donors (Lipinski definition) is 1. The topological polar surface area (TPSA) is 91.2 Å². The maximum atomic E-state index is 12.5. The Hall–Kier alpha value is -3.07. The molecule has 0 unspecified atom stereocenters. The predicted molar refractivity (Wildman–Crippen MR) is 104 cm³/mol. The van der Waals surface area contributed by atoms with Gasteiger partial charge in [-0.25, -0.2) is 0 Å². The van der Waals surface area contributed by atoms with Crippen LogP contribution in [0.5, 0.6) is 11.5 Å². The first-order chi connectivity index (χ1) is 13.6. The van der Waals surface area contributed by atoms with Gasteiger partial charge in [-0.3, -0.25) is 4.79 Å². The number of carbonyl (C=O) groups excluding carboxylic acids is 1. The number of benzene rings is 2. The van der Waals surface area contributed by atoms with Crippen LogP contribution in [0.25, 0.3) is 5.69 Å². The molecule has 144 valence electrons. The second kappa shape index (κ2) is 7.89. The molecule has 1 aliphatic heterocycles. The maximum Gasteiger partial charge on any atom is 0.233 e. The van der Waals surface area contributed by atoms with Crippen LogP contribution in [0.2, 0.25) is 0 Å². The van der Waals surface area contributed by atoms with Crippen molar-refractivity contribution in [2.24, 2.45) is 0 Å². The normalized spacial score (nSPS) is 13.4. The minimum atomic E-state index is -0.359. The number of para-hydroxylation sites is 1. The van der Waals surface area contributed by atoms with E-state index in [-0.39, 0.29) is 18.0 Å². The summed E-state index contributed by atoms with van der Waals surface area (Å²) in [6, 6.07) is 13.5. The summed E-state index contributed by atoms with van der Waals surface area (Å²) in [5.41, 5.74) is 2.89. The first kappa shape index (κ1) is 18.3. The minimum absolute atomic E-state index is 0.0954. The van der Waals surface area contributed by atoms with E-state index in [1.807, 2.05) is 56.3 Å². The number of ether oxygens (including phenoxy) is 2. The third-order valence-electron chi connectivity index (χ3n) is 4.34. The summed E-state index contributed by atoms with van der Waals surface area (Å²) in [7, 11) is 0. The second-order valence-corrected chi connectivity index (χ2v) is 7.63. The van der Waals surface area contributed by atoms with Crippen LogP contribution in [-0.2, 0) is 11.3 Å². The number of tetrazole rings is 1. The van der Waals surface area contributed by atoms with Crippen LogP contribution in [0.3, 0.4) is 0 Å². The van der Waals surface area contributed by atoms with Crippen molar-refractivity contribution in [2.75, 3.05) is 6.79 Å². The van der Waals surface area contributed by atoms with E-state index in [4.69, 9.17) is 9.47 Å². The standard InChI is InChI=1S/C19H19N5O3S/c1-12-5-3-4-6-15(12)24-19(21-22-23-24)28-13(2)18(25)20-10-14-7-8-16-17(9-14)27-11-26-16/h3-9,13H,10-11H2,1-2H3,(H,20,25)/t13-/m0/s1. The van der Waals surface area contributed by atoms with Gasteiger partial charge in [-0.05, 0) is 53.6 Å². The van der Waals surface area contributed by atoms with Gasteiger partial charge in [0.15, 0.2) is 11.5 Å². The van der Waals surface area contributed by atoms with E-state index in [1.165, 1.54) is 11.8 Å². The van der Waals surface area contributed by atoms with Gasteiger partial charge >= 0.3 is 0 Å². The van der Waals surface area contributed by atoms with Gasteiger partial charge in [-0.2, -0.15) is 4.68 Å². The third-order valence-corrected chi connectivity index (χ3v) is 5.37. The Balaban J connectivity index is 1.39. The zero-order chi connectivity index (χ0) is 19.5. The number of aryl methyl sites for hydroxylation is 1. The number of amides is 1. The first-order valence-electron chi connectivity index (χ1n) is 8.79. The van der Waals surface area contributed by atoms with E-state index in [0.29, 0.717) is 17.5 Å². The van der Waals surface area contributed by atoms with Crippen LogP contribution in [-0.4, -0.2) is 38.2 Å². The predicted octanol–water partition coefficient (Wildman–Crippen LogP) is 2.50. The fourth-order valence-electron chi connectivity index (χ4n) is 2.80. The Kier molecular flexibility index (Phi) is 5.16. The molecule has 1 N–H and O–H groups in total. The zero-order valence-electron chi connectivity index (χ0n) is 15.5. The van der Waals surface area contributed by atoms with E-state index >= 15 is 0 Å². The van der Waals surface area contributed by atoms with Gasteiger partial charge in [-0.1, -0.05) is 36.0 Å². The molecule has 0 radical (unpaired) electrons. The molecule has 1 amide bonds. The molecule has 4 rings (SSSR count). The van der Waals surface area contributed by atoms with Crippen molar-refractivity contribution in [3.63, 3.8) is 0 Å². The van der Waals surface area contributed by atoms with Crippen LogP contribution >= 0.6 is 11.8 Å². The Morgan fingerprint density at radius 1 is 1.25 bits per heavy atom. The lowest BCUT2D eigenvalue weighted by Crippen LogP contribution is -2.30. The van der Waals surface area contributed by atoms with Gasteiger partial charge in [0.1, 0.15) is 0 Å². The van der Waals surface area contributed by atoms with Gasteiger partial charge in [0, 0.05) is 6.54 Å². The Morgan fingerprint density at radius 3 is 2.93 bits per heavy atom. The van der Waals surface area contributed by atoms with E-state index in [9.17, 15) is 4.79 Å². The molecule has 0 fully saturated rings. The molecule has 1 aliphatic rings. The molecule has 0 saturated carbocycles. The van der Waals surface area contributed by atoms with Crippen molar-refractivity contribution in [1.29, 1.82) is 0 Å². The van der Waals surface area contributed by atoms with Crippen LogP contribution in [0.15, 0.2) is 47.6 Å². The lowest BCUT2D eigenvalue weighted by molar-refractivity contribution is -0.120.